The molecule has 9 heteroatoms. The van der Waals surface area contributed by atoms with Gasteiger partial charge in [-0.1, -0.05) is 30.8 Å². The number of carbonyl (C=O) groups excluding carboxylic acids is 1. The van der Waals surface area contributed by atoms with E-state index in [2.05, 4.69) is 23.3 Å². The summed E-state index contributed by atoms with van der Waals surface area (Å²) < 4.78 is 12.9. The Morgan fingerprint density at radius 1 is 1.21 bits per heavy atom. The van der Waals surface area contributed by atoms with Crippen molar-refractivity contribution in [3.63, 3.8) is 0 Å². The van der Waals surface area contributed by atoms with Crippen molar-refractivity contribution in [2.45, 2.75) is 49.6 Å². The van der Waals surface area contributed by atoms with Crippen LogP contribution in [0.2, 0.25) is 0 Å². The zero-order valence-electron chi connectivity index (χ0n) is 18.9. The number of fused-ring (bicyclic) bond motifs is 2. The number of ether oxygens (including phenoxy) is 2. The Morgan fingerprint density at radius 2 is 2.12 bits per heavy atom. The van der Waals surface area contributed by atoms with Crippen molar-refractivity contribution in [3.8, 4) is 11.5 Å². The molecule has 0 amide bonds. The highest BCUT2D eigenvalue weighted by molar-refractivity contribution is 7.98. The lowest BCUT2D eigenvalue weighted by atomic mass is 9.81. The van der Waals surface area contributed by atoms with Crippen molar-refractivity contribution >= 4 is 23.5 Å². The molecule has 6 rings (SSSR count). The summed E-state index contributed by atoms with van der Waals surface area (Å²) in [6, 6.07) is 11.8. The van der Waals surface area contributed by atoms with E-state index in [1.54, 1.807) is 18.0 Å². The van der Waals surface area contributed by atoms with Crippen molar-refractivity contribution in [1.29, 1.82) is 0 Å². The second-order valence-corrected chi connectivity index (χ2v) is 9.82. The highest BCUT2D eigenvalue weighted by Gasteiger charge is 2.38. The van der Waals surface area contributed by atoms with Crippen molar-refractivity contribution in [2.24, 2.45) is 5.92 Å². The van der Waals surface area contributed by atoms with Gasteiger partial charge in [0.15, 0.2) is 17.3 Å². The summed E-state index contributed by atoms with van der Waals surface area (Å²) in [6.07, 6.45) is 4.88. The molecule has 4 heterocycles. The lowest BCUT2D eigenvalue weighted by Gasteiger charge is -2.35. The summed E-state index contributed by atoms with van der Waals surface area (Å²) >= 11 is 1.55. The standard InChI is InChI=1S/C25H25N5O3S/c1-15(11-16-8-9-20-21(12-16)33-14-32-20)23-22-18(6-4-7-19(22)31)27-24-28-25(29-30(23)24)34-13-17-5-2-3-10-26-17/h2-3,5,8-10,12,15,23H,4,6-7,11,13-14H2,1H3,(H,27,28,29). The van der Waals surface area contributed by atoms with Crippen LogP contribution in [0.15, 0.2) is 59.0 Å². The summed E-state index contributed by atoms with van der Waals surface area (Å²) in [5.41, 5.74) is 3.98. The van der Waals surface area contributed by atoms with Crippen molar-refractivity contribution < 1.29 is 14.3 Å². The lowest BCUT2D eigenvalue weighted by molar-refractivity contribution is -0.116. The molecule has 8 nitrogen and oxygen atoms in total. The highest BCUT2D eigenvalue weighted by Crippen LogP contribution is 2.42. The molecule has 2 aliphatic heterocycles. The number of ketones is 1. The monoisotopic (exact) mass is 475 g/mol. The predicted octanol–water partition coefficient (Wildman–Crippen LogP) is 4.55. The van der Waals surface area contributed by atoms with Crippen LogP contribution in [0.5, 0.6) is 11.5 Å². The molecular formula is C25H25N5O3S. The van der Waals surface area contributed by atoms with Crippen LogP contribution in [0.1, 0.15) is 43.5 Å². The molecule has 0 bridgehead atoms. The third-order valence-corrected chi connectivity index (χ3v) is 7.37. The molecule has 1 aliphatic carbocycles. The second-order valence-electron chi connectivity index (χ2n) is 8.88. The number of anilines is 1. The van der Waals surface area contributed by atoms with Crippen molar-refractivity contribution in [2.75, 3.05) is 12.1 Å². The maximum absolute atomic E-state index is 13.1. The number of aromatic nitrogens is 4. The van der Waals surface area contributed by atoms with Gasteiger partial charge in [0.1, 0.15) is 0 Å². The van der Waals surface area contributed by atoms with Gasteiger partial charge in [-0.2, -0.15) is 4.98 Å². The fraction of sp³-hybridized carbons (Fsp3) is 0.360. The molecule has 0 fully saturated rings. The minimum absolute atomic E-state index is 0.128. The van der Waals surface area contributed by atoms with E-state index in [-0.39, 0.29) is 24.5 Å². The first-order valence-corrected chi connectivity index (χ1v) is 12.6. The zero-order chi connectivity index (χ0) is 23.1. The van der Waals surface area contributed by atoms with E-state index in [9.17, 15) is 4.79 Å². The van der Waals surface area contributed by atoms with E-state index in [4.69, 9.17) is 19.6 Å². The van der Waals surface area contributed by atoms with Crippen LogP contribution < -0.4 is 14.8 Å². The number of nitrogens with one attached hydrogen (secondary N) is 1. The average molecular weight is 476 g/mol. The number of allylic oxidation sites excluding steroid dienone is 2. The largest absolute Gasteiger partial charge is 0.454 e. The van der Waals surface area contributed by atoms with Crippen LogP contribution in [0.3, 0.4) is 0 Å². The minimum Gasteiger partial charge on any atom is -0.454 e. The number of Topliss-reactive ketones (excluding diaryl/α,β-unsaturated/α-hetero) is 1. The van der Waals surface area contributed by atoms with Crippen LogP contribution in [0.25, 0.3) is 0 Å². The molecule has 1 N–H and O–H groups in total. The molecule has 0 radical (unpaired) electrons. The van der Waals surface area contributed by atoms with Crippen LogP contribution in [0, 0.1) is 5.92 Å². The van der Waals surface area contributed by atoms with Gasteiger partial charge in [0.2, 0.25) is 17.9 Å². The molecule has 3 aliphatic rings. The number of pyridine rings is 1. The van der Waals surface area contributed by atoms with Crippen molar-refractivity contribution in [1.82, 2.24) is 19.7 Å². The summed E-state index contributed by atoms with van der Waals surface area (Å²) in [7, 11) is 0. The molecule has 2 unspecified atom stereocenters. The Bertz CT molecular complexity index is 1270. The third kappa shape index (κ3) is 3.94. The quantitative estimate of drug-likeness (QED) is 0.520. The molecule has 2 atom stereocenters. The Labute approximate surface area is 201 Å². The molecule has 1 aromatic carbocycles. The minimum atomic E-state index is -0.166. The number of rotatable bonds is 6. The van der Waals surface area contributed by atoms with E-state index in [1.165, 1.54) is 0 Å². The van der Waals surface area contributed by atoms with Gasteiger partial charge in [0.05, 0.1) is 11.7 Å². The van der Waals surface area contributed by atoms with Gasteiger partial charge in [-0.05, 0) is 55.0 Å². The van der Waals surface area contributed by atoms with E-state index < -0.39 is 0 Å². The van der Waals surface area contributed by atoms with Gasteiger partial charge in [0, 0.05) is 29.6 Å². The van der Waals surface area contributed by atoms with E-state index in [0.29, 0.717) is 23.3 Å². The molecular weight excluding hydrogens is 450 g/mol. The molecule has 0 spiro atoms. The third-order valence-electron chi connectivity index (χ3n) is 6.50. The fourth-order valence-electron chi connectivity index (χ4n) is 4.94. The van der Waals surface area contributed by atoms with Gasteiger partial charge in [-0.25, -0.2) is 4.68 Å². The average Bonchev–Trinajstić information content (AvgIpc) is 3.48. The smallest absolute Gasteiger partial charge is 0.231 e. The summed E-state index contributed by atoms with van der Waals surface area (Å²) in [5.74, 6) is 3.29. The van der Waals surface area contributed by atoms with E-state index >= 15 is 0 Å². The maximum atomic E-state index is 13.1. The lowest BCUT2D eigenvalue weighted by Crippen LogP contribution is -2.34. The molecule has 174 valence electrons. The first-order chi connectivity index (χ1) is 16.7. The van der Waals surface area contributed by atoms with E-state index in [1.807, 2.05) is 35.0 Å². The zero-order valence-corrected chi connectivity index (χ0v) is 19.7. The van der Waals surface area contributed by atoms with Crippen LogP contribution in [-0.2, 0) is 17.0 Å². The van der Waals surface area contributed by atoms with E-state index in [0.717, 1.165) is 53.3 Å². The number of thioether (sulfide) groups is 1. The first kappa shape index (κ1) is 21.2. The highest BCUT2D eigenvalue weighted by atomic mass is 32.2. The van der Waals surface area contributed by atoms with Crippen LogP contribution in [-0.4, -0.2) is 32.3 Å². The SMILES string of the molecule is CC(Cc1ccc2c(c1)OCO2)C1C2=C(CCCC2=O)Nc2nc(SCc3ccccn3)nn21. The van der Waals surface area contributed by atoms with Gasteiger partial charge >= 0.3 is 0 Å². The van der Waals surface area contributed by atoms with Crippen LogP contribution in [0.4, 0.5) is 5.95 Å². The Morgan fingerprint density at radius 3 is 3.00 bits per heavy atom. The topological polar surface area (TPSA) is 91.2 Å². The number of benzene rings is 1. The molecule has 34 heavy (non-hydrogen) atoms. The summed E-state index contributed by atoms with van der Waals surface area (Å²) in [4.78, 5) is 22.2. The Hall–Kier alpha value is -3.33. The molecule has 3 aromatic rings. The molecule has 0 saturated heterocycles. The summed E-state index contributed by atoms with van der Waals surface area (Å²) in [5, 5.41) is 8.93. The van der Waals surface area contributed by atoms with Gasteiger partial charge in [0.25, 0.3) is 0 Å². The predicted molar refractivity (Wildman–Crippen MR) is 128 cm³/mol. The number of hydrogen-bond donors (Lipinski definition) is 1. The molecule has 2 aromatic heterocycles. The molecule has 0 saturated carbocycles. The van der Waals surface area contributed by atoms with Gasteiger partial charge in [-0.3, -0.25) is 9.78 Å². The first-order valence-electron chi connectivity index (χ1n) is 11.6. The van der Waals surface area contributed by atoms with Gasteiger partial charge < -0.3 is 14.8 Å². The van der Waals surface area contributed by atoms with Gasteiger partial charge in [-0.15, -0.1) is 5.10 Å². The second kappa shape index (κ2) is 8.79. The normalized spacial score (nSPS) is 19.4. The summed E-state index contributed by atoms with van der Waals surface area (Å²) in [6.45, 7) is 2.44. The number of carbonyl (C=O) groups is 1. The van der Waals surface area contributed by atoms with Crippen LogP contribution >= 0.6 is 11.8 Å². The number of hydrogen-bond acceptors (Lipinski definition) is 8. The Balaban J connectivity index is 1.30. The maximum Gasteiger partial charge on any atom is 0.231 e. The Kier molecular flexibility index (Phi) is 5.49. The fourth-order valence-corrected chi connectivity index (χ4v) is 5.68. The van der Waals surface area contributed by atoms with Crippen molar-refractivity contribution in [3.05, 3.63) is 65.1 Å². The number of nitrogens with zero attached hydrogens (tertiary/aromatic N) is 4.